The van der Waals surface area contributed by atoms with E-state index in [9.17, 15) is 0 Å². The second-order valence-electron chi connectivity index (χ2n) is 6.46. The van der Waals surface area contributed by atoms with Gasteiger partial charge in [0.25, 0.3) is 0 Å². The summed E-state index contributed by atoms with van der Waals surface area (Å²) in [5, 5.41) is 0. The zero-order valence-corrected chi connectivity index (χ0v) is 11.5. The number of hydrogen-bond acceptors (Lipinski definition) is 0. The lowest BCUT2D eigenvalue weighted by molar-refractivity contribution is 0.183. The van der Waals surface area contributed by atoms with Crippen molar-refractivity contribution in [1.82, 2.24) is 0 Å². The van der Waals surface area contributed by atoms with E-state index >= 15 is 0 Å². The quantitative estimate of drug-likeness (QED) is 0.579. The predicted molar refractivity (Wildman–Crippen MR) is 69.0 cm³/mol. The van der Waals surface area contributed by atoms with Gasteiger partial charge in [0.1, 0.15) is 0 Å². The van der Waals surface area contributed by atoms with Crippen LogP contribution in [0.25, 0.3) is 0 Å². The molecule has 3 unspecified atom stereocenters. The molecule has 0 amide bonds. The van der Waals surface area contributed by atoms with Gasteiger partial charge in [-0.15, -0.1) is 0 Å². The summed E-state index contributed by atoms with van der Waals surface area (Å²) in [7, 11) is 0. The molecule has 0 bridgehead atoms. The van der Waals surface area contributed by atoms with Gasteiger partial charge in [0.2, 0.25) is 0 Å². The van der Waals surface area contributed by atoms with Crippen molar-refractivity contribution < 1.29 is 0 Å². The van der Waals surface area contributed by atoms with Crippen LogP contribution in [0, 0.1) is 23.2 Å². The van der Waals surface area contributed by atoms with Crippen LogP contribution in [0.15, 0.2) is 0 Å². The smallest absolute Gasteiger partial charge is 0.0354 e. The zero-order valence-electron chi connectivity index (χ0n) is 11.5. The SMILES string of the molecule is CCC(C)C1CCCC1CC(C)(C)CC. The summed E-state index contributed by atoms with van der Waals surface area (Å²) in [6.45, 7) is 12.0. The topological polar surface area (TPSA) is 0 Å². The van der Waals surface area contributed by atoms with Crippen LogP contribution in [0.4, 0.5) is 0 Å². The van der Waals surface area contributed by atoms with Crippen LogP contribution in [-0.4, -0.2) is 0 Å². The van der Waals surface area contributed by atoms with E-state index in [0.717, 1.165) is 17.8 Å². The Bertz CT molecular complexity index is 180. The first-order valence-corrected chi connectivity index (χ1v) is 7.00. The molecule has 1 aliphatic carbocycles. The lowest BCUT2D eigenvalue weighted by Crippen LogP contribution is -2.22. The second-order valence-corrected chi connectivity index (χ2v) is 6.46. The summed E-state index contributed by atoms with van der Waals surface area (Å²) in [5.41, 5.74) is 0.570. The van der Waals surface area contributed by atoms with Crippen molar-refractivity contribution in [1.29, 1.82) is 0 Å². The first-order chi connectivity index (χ1) is 7.00. The van der Waals surface area contributed by atoms with E-state index in [1.54, 1.807) is 0 Å². The predicted octanol–water partition coefficient (Wildman–Crippen LogP) is 5.28. The van der Waals surface area contributed by atoms with Gasteiger partial charge in [-0.2, -0.15) is 0 Å². The molecule has 0 saturated heterocycles. The van der Waals surface area contributed by atoms with Gasteiger partial charge in [0, 0.05) is 0 Å². The molecule has 0 aromatic rings. The van der Waals surface area contributed by atoms with Crippen LogP contribution < -0.4 is 0 Å². The Morgan fingerprint density at radius 3 is 2.40 bits per heavy atom. The molecule has 0 N–H and O–H groups in total. The van der Waals surface area contributed by atoms with Gasteiger partial charge in [-0.1, -0.05) is 60.3 Å². The molecule has 15 heavy (non-hydrogen) atoms. The van der Waals surface area contributed by atoms with Crippen molar-refractivity contribution in [2.24, 2.45) is 23.2 Å². The largest absolute Gasteiger partial charge is 0.0651 e. The van der Waals surface area contributed by atoms with Crippen LogP contribution >= 0.6 is 0 Å². The highest BCUT2D eigenvalue weighted by molar-refractivity contribution is 4.84. The van der Waals surface area contributed by atoms with Gasteiger partial charge in [-0.3, -0.25) is 0 Å². The van der Waals surface area contributed by atoms with Crippen molar-refractivity contribution in [3.63, 3.8) is 0 Å². The Labute approximate surface area is 96.8 Å². The summed E-state index contributed by atoms with van der Waals surface area (Å²) >= 11 is 0. The third-order valence-corrected chi connectivity index (χ3v) is 4.86. The summed E-state index contributed by atoms with van der Waals surface area (Å²) in [5.74, 6) is 3.00. The molecule has 1 aliphatic rings. The lowest BCUT2D eigenvalue weighted by Gasteiger charge is -2.32. The summed E-state index contributed by atoms with van der Waals surface area (Å²) in [4.78, 5) is 0. The van der Waals surface area contributed by atoms with E-state index in [4.69, 9.17) is 0 Å². The van der Waals surface area contributed by atoms with Gasteiger partial charge >= 0.3 is 0 Å². The molecule has 0 nitrogen and oxygen atoms in total. The average molecular weight is 210 g/mol. The normalized spacial score (nSPS) is 29.4. The van der Waals surface area contributed by atoms with E-state index < -0.39 is 0 Å². The summed E-state index contributed by atoms with van der Waals surface area (Å²) in [6.07, 6.45) is 8.64. The fourth-order valence-electron chi connectivity index (χ4n) is 3.22. The fourth-order valence-corrected chi connectivity index (χ4v) is 3.22. The summed E-state index contributed by atoms with van der Waals surface area (Å²) in [6, 6.07) is 0. The third kappa shape index (κ3) is 3.50. The molecule has 0 heterocycles. The fraction of sp³-hybridized carbons (Fsp3) is 1.00. The average Bonchev–Trinajstić information content (AvgIpc) is 2.64. The van der Waals surface area contributed by atoms with Crippen molar-refractivity contribution in [2.75, 3.05) is 0 Å². The van der Waals surface area contributed by atoms with Gasteiger partial charge in [-0.25, -0.2) is 0 Å². The minimum absolute atomic E-state index is 0.570. The van der Waals surface area contributed by atoms with Crippen molar-refractivity contribution in [2.45, 2.75) is 73.1 Å². The molecule has 1 fully saturated rings. The highest BCUT2D eigenvalue weighted by Crippen LogP contribution is 2.44. The maximum Gasteiger partial charge on any atom is -0.0354 e. The molecule has 0 aliphatic heterocycles. The standard InChI is InChI=1S/C15H30/c1-6-12(3)14-10-8-9-13(14)11-15(4,5)7-2/h12-14H,6-11H2,1-5H3. The number of rotatable bonds is 5. The van der Waals surface area contributed by atoms with Crippen LogP contribution in [0.1, 0.15) is 73.1 Å². The molecule has 3 atom stereocenters. The molecule has 0 aromatic carbocycles. The first-order valence-electron chi connectivity index (χ1n) is 7.00. The third-order valence-electron chi connectivity index (χ3n) is 4.86. The molecular weight excluding hydrogens is 180 g/mol. The van der Waals surface area contributed by atoms with Crippen molar-refractivity contribution in [3.8, 4) is 0 Å². The van der Waals surface area contributed by atoms with Gasteiger partial charge in [0.15, 0.2) is 0 Å². The van der Waals surface area contributed by atoms with Crippen LogP contribution in [-0.2, 0) is 0 Å². The molecule has 0 radical (unpaired) electrons. The van der Waals surface area contributed by atoms with E-state index in [1.807, 2.05) is 0 Å². The lowest BCUT2D eigenvalue weighted by atomic mass is 9.73. The van der Waals surface area contributed by atoms with Gasteiger partial charge in [-0.05, 0) is 36.0 Å². The highest BCUT2D eigenvalue weighted by Gasteiger charge is 2.33. The molecule has 0 spiro atoms. The minimum atomic E-state index is 0.570. The minimum Gasteiger partial charge on any atom is -0.0651 e. The van der Waals surface area contributed by atoms with Crippen LogP contribution in [0.2, 0.25) is 0 Å². The van der Waals surface area contributed by atoms with Crippen molar-refractivity contribution in [3.05, 3.63) is 0 Å². The highest BCUT2D eigenvalue weighted by atomic mass is 14.4. The Kier molecular flexibility index (Phi) is 4.67. The van der Waals surface area contributed by atoms with E-state index in [0.29, 0.717) is 5.41 Å². The van der Waals surface area contributed by atoms with E-state index in [2.05, 4.69) is 34.6 Å². The molecular formula is C15H30. The Balaban J connectivity index is 2.53. The molecule has 0 heteroatoms. The second kappa shape index (κ2) is 5.37. The molecule has 1 saturated carbocycles. The zero-order chi connectivity index (χ0) is 11.5. The van der Waals surface area contributed by atoms with Crippen LogP contribution in [0.5, 0.6) is 0 Å². The monoisotopic (exact) mass is 210 g/mol. The Morgan fingerprint density at radius 2 is 1.87 bits per heavy atom. The molecule has 0 aromatic heterocycles. The Morgan fingerprint density at radius 1 is 1.20 bits per heavy atom. The maximum atomic E-state index is 2.46. The van der Waals surface area contributed by atoms with Gasteiger partial charge < -0.3 is 0 Å². The van der Waals surface area contributed by atoms with E-state index in [1.165, 1.54) is 38.5 Å². The van der Waals surface area contributed by atoms with Crippen LogP contribution in [0.3, 0.4) is 0 Å². The molecule has 90 valence electrons. The van der Waals surface area contributed by atoms with E-state index in [-0.39, 0.29) is 0 Å². The first kappa shape index (κ1) is 13.1. The molecule has 1 rings (SSSR count). The maximum absolute atomic E-state index is 2.46. The summed E-state index contributed by atoms with van der Waals surface area (Å²) < 4.78 is 0. The Hall–Kier alpha value is 0. The number of hydrogen-bond donors (Lipinski definition) is 0. The van der Waals surface area contributed by atoms with Crippen molar-refractivity contribution >= 4 is 0 Å². The van der Waals surface area contributed by atoms with Gasteiger partial charge in [0.05, 0.1) is 0 Å².